The summed E-state index contributed by atoms with van der Waals surface area (Å²) in [4.78, 5) is 11.5. The maximum Gasteiger partial charge on any atom is 0.164 e. The molecule has 2 aliphatic carbocycles. The van der Waals surface area contributed by atoms with Crippen LogP contribution in [0.15, 0.2) is 0 Å². The molecule has 2 rings (SSSR count). The first-order valence-electron chi connectivity index (χ1n) is 4.84. The van der Waals surface area contributed by atoms with Crippen molar-refractivity contribution in [2.45, 2.75) is 51.0 Å². The van der Waals surface area contributed by atoms with Crippen LogP contribution in [0.1, 0.15) is 45.4 Å². The number of hydrogen-bond acceptors (Lipinski definition) is 2. The fourth-order valence-electron chi connectivity index (χ4n) is 2.81. The van der Waals surface area contributed by atoms with Gasteiger partial charge in [0.25, 0.3) is 0 Å². The summed E-state index contributed by atoms with van der Waals surface area (Å²) >= 11 is 0. The van der Waals surface area contributed by atoms with Crippen LogP contribution in [-0.2, 0) is 4.79 Å². The molecule has 2 atom stereocenters. The van der Waals surface area contributed by atoms with Crippen LogP contribution in [0.25, 0.3) is 0 Å². The third kappa shape index (κ3) is 0.817. The Balaban J connectivity index is 2.35. The Hall–Kier alpha value is -0.370. The summed E-state index contributed by atoms with van der Waals surface area (Å²) in [6.45, 7) is 2.07. The second kappa shape index (κ2) is 2.32. The SMILES string of the molecule is C[C@]12CCCC[C@@]1(O)C(=O)CC2. The maximum absolute atomic E-state index is 11.5. The number of rotatable bonds is 0. The van der Waals surface area contributed by atoms with Crippen LogP contribution in [0.4, 0.5) is 0 Å². The van der Waals surface area contributed by atoms with Gasteiger partial charge in [-0.2, -0.15) is 0 Å². The van der Waals surface area contributed by atoms with Crippen molar-refractivity contribution in [1.29, 1.82) is 0 Å². The lowest BCUT2D eigenvalue weighted by molar-refractivity contribution is -0.147. The molecule has 0 unspecified atom stereocenters. The van der Waals surface area contributed by atoms with Crippen molar-refractivity contribution < 1.29 is 9.90 Å². The fourth-order valence-corrected chi connectivity index (χ4v) is 2.81. The molecule has 0 heterocycles. The molecule has 2 fully saturated rings. The van der Waals surface area contributed by atoms with E-state index in [9.17, 15) is 9.90 Å². The van der Waals surface area contributed by atoms with E-state index >= 15 is 0 Å². The lowest BCUT2D eigenvalue weighted by Gasteiger charge is -2.42. The van der Waals surface area contributed by atoms with Gasteiger partial charge in [0.2, 0.25) is 0 Å². The van der Waals surface area contributed by atoms with Crippen molar-refractivity contribution in [3.05, 3.63) is 0 Å². The van der Waals surface area contributed by atoms with Gasteiger partial charge >= 0.3 is 0 Å². The molecule has 2 saturated carbocycles. The highest BCUT2D eigenvalue weighted by Crippen LogP contribution is 2.52. The van der Waals surface area contributed by atoms with Gasteiger partial charge in [-0.05, 0) is 19.3 Å². The first-order chi connectivity index (χ1) is 5.58. The van der Waals surface area contributed by atoms with Crippen molar-refractivity contribution in [2.24, 2.45) is 5.41 Å². The van der Waals surface area contributed by atoms with Crippen LogP contribution in [0.3, 0.4) is 0 Å². The molecule has 0 aliphatic heterocycles. The average Bonchev–Trinajstić information content (AvgIpc) is 2.28. The van der Waals surface area contributed by atoms with Gasteiger partial charge in [-0.25, -0.2) is 0 Å². The van der Waals surface area contributed by atoms with E-state index in [1.807, 2.05) is 0 Å². The van der Waals surface area contributed by atoms with Gasteiger partial charge in [0, 0.05) is 11.8 Å². The summed E-state index contributed by atoms with van der Waals surface area (Å²) < 4.78 is 0. The quantitative estimate of drug-likeness (QED) is 0.597. The van der Waals surface area contributed by atoms with Gasteiger partial charge in [-0.3, -0.25) is 4.79 Å². The maximum atomic E-state index is 11.5. The summed E-state index contributed by atoms with van der Waals surface area (Å²) in [7, 11) is 0. The van der Waals surface area contributed by atoms with E-state index in [0.29, 0.717) is 12.8 Å². The van der Waals surface area contributed by atoms with Gasteiger partial charge in [0.15, 0.2) is 5.78 Å². The molecule has 0 radical (unpaired) electrons. The molecule has 0 spiro atoms. The Morgan fingerprint density at radius 2 is 1.92 bits per heavy atom. The molecule has 2 nitrogen and oxygen atoms in total. The highest BCUT2D eigenvalue weighted by atomic mass is 16.3. The van der Waals surface area contributed by atoms with Crippen LogP contribution >= 0.6 is 0 Å². The number of carbonyl (C=O) groups is 1. The normalized spacial score (nSPS) is 47.7. The van der Waals surface area contributed by atoms with Gasteiger partial charge in [-0.15, -0.1) is 0 Å². The lowest BCUT2D eigenvalue weighted by Crippen LogP contribution is -2.49. The Kier molecular flexibility index (Phi) is 1.59. The Morgan fingerprint density at radius 1 is 1.25 bits per heavy atom. The van der Waals surface area contributed by atoms with Crippen LogP contribution in [-0.4, -0.2) is 16.5 Å². The van der Waals surface area contributed by atoms with Crippen molar-refractivity contribution in [2.75, 3.05) is 0 Å². The highest BCUT2D eigenvalue weighted by molar-refractivity contribution is 5.90. The summed E-state index contributed by atoms with van der Waals surface area (Å²) in [6, 6.07) is 0. The summed E-state index contributed by atoms with van der Waals surface area (Å²) in [5.41, 5.74) is -1.05. The van der Waals surface area contributed by atoms with E-state index in [-0.39, 0.29) is 11.2 Å². The number of ketones is 1. The third-order valence-electron chi connectivity index (χ3n) is 3.88. The number of Topliss-reactive ketones (excluding diaryl/α,β-unsaturated/α-hetero) is 1. The van der Waals surface area contributed by atoms with Crippen LogP contribution in [0.2, 0.25) is 0 Å². The molecular formula is C10H16O2. The van der Waals surface area contributed by atoms with Gasteiger partial charge in [0.05, 0.1) is 0 Å². The Bertz CT molecular complexity index is 224. The predicted octanol–water partition coefficient (Wildman–Crippen LogP) is 1.66. The number of fused-ring (bicyclic) bond motifs is 1. The van der Waals surface area contributed by atoms with Crippen LogP contribution < -0.4 is 0 Å². The largest absolute Gasteiger partial charge is 0.382 e. The lowest BCUT2D eigenvalue weighted by atomic mass is 9.66. The molecule has 12 heavy (non-hydrogen) atoms. The molecular weight excluding hydrogens is 152 g/mol. The monoisotopic (exact) mass is 168 g/mol. The number of carbonyl (C=O) groups excluding carboxylic acids is 1. The van der Waals surface area contributed by atoms with Crippen molar-refractivity contribution >= 4 is 5.78 Å². The number of aliphatic hydroxyl groups is 1. The standard InChI is InChI=1S/C10H16O2/c1-9-5-2-3-6-10(9,12)8(11)4-7-9/h12H,2-7H2,1H3/t9-,10-/m1/s1. The van der Waals surface area contributed by atoms with Crippen LogP contribution in [0, 0.1) is 5.41 Å². The topological polar surface area (TPSA) is 37.3 Å². The molecule has 0 aromatic carbocycles. The van der Waals surface area contributed by atoms with Crippen LogP contribution in [0.5, 0.6) is 0 Å². The fraction of sp³-hybridized carbons (Fsp3) is 0.900. The summed E-state index contributed by atoms with van der Waals surface area (Å²) in [5.74, 6) is 0.0877. The Labute approximate surface area is 73.0 Å². The zero-order valence-corrected chi connectivity index (χ0v) is 7.60. The second-order valence-electron chi connectivity index (χ2n) is 4.55. The predicted molar refractivity (Wildman–Crippen MR) is 45.8 cm³/mol. The summed E-state index contributed by atoms with van der Waals surface area (Å²) in [6.07, 6.45) is 5.39. The number of hydrogen-bond donors (Lipinski definition) is 1. The highest BCUT2D eigenvalue weighted by Gasteiger charge is 2.57. The van der Waals surface area contributed by atoms with Crippen molar-refractivity contribution in [3.8, 4) is 0 Å². The summed E-state index contributed by atoms with van der Waals surface area (Å²) in [5, 5.41) is 10.2. The van der Waals surface area contributed by atoms with Crippen molar-refractivity contribution in [1.82, 2.24) is 0 Å². The first kappa shape index (κ1) is 8.24. The van der Waals surface area contributed by atoms with E-state index < -0.39 is 5.60 Å². The molecule has 2 heteroatoms. The molecule has 0 amide bonds. The average molecular weight is 168 g/mol. The molecule has 0 saturated heterocycles. The molecule has 0 aromatic rings. The molecule has 68 valence electrons. The van der Waals surface area contributed by atoms with Crippen molar-refractivity contribution in [3.63, 3.8) is 0 Å². The molecule has 0 bridgehead atoms. The minimum atomic E-state index is -0.953. The van der Waals surface area contributed by atoms with E-state index in [4.69, 9.17) is 0 Å². The van der Waals surface area contributed by atoms with E-state index in [1.54, 1.807) is 0 Å². The zero-order valence-electron chi connectivity index (χ0n) is 7.60. The van der Waals surface area contributed by atoms with Gasteiger partial charge < -0.3 is 5.11 Å². The van der Waals surface area contributed by atoms with Gasteiger partial charge in [0.1, 0.15) is 5.60 Å². The van der Waals surface area contributed by atoms with E-state index in [2.05, 4.69) is 6.92 Å². The van der Waals surface area contributed by atoms with E-state index in [1.165, 1.54) is 6.42 Å². The molecule has 2 aliphatic rings. The van der Waals surface area contributed by atoms with Gasteiger partial charge in [-0.1, -0.05) is 19.8 Å². The van der Waals surface area contributed by atoms with E-state index in [0.717, 1.165) is 19.3 Å². The molecule has 0 aromatic heterocycles. The minimum Gasteiger partial charge on any atom is -0.382 e. The smallest absolute Gasteiger partial charge is 0.164 e. The first-order valence-corrected chi connectivity index (χ1v) is 4.84. The zero-order chi connectivity index (χ0) is 8.82. The minimum absolute atomic E-state index is 0.0877. The third-order valence-corrected chi connectivity index (χ3v) is 3.88. The molecule has 1 N–H and O–H groups in total. The second-order valence-corrected chi connectivity index (χ2v) is 4.55. The Morgan fingerprint density at radius 3 is 2.58 bits per heavy atom.